The number of hydrogen-bond acceptors (Lipinski definition) is 3. The van der Waals surface area contributed by atoms with Crippen LogP contribution >= 0.6 is 0 Å². The van der Waals surface area contributed by atoms with Crippen LogP contribution in [0.25, 0.3) is 11.0 Å². The normalized spacial score (nSPS) is 23.2. The van der Waals surface area contributed by atoms with Gasteiger partial charge in [-0.05, 0) is 31.9 Å². The van der Waals surface area contributed by atoms with Crippen molar-refractivity contribution in [2.45, 2.75) is 32.7 Å². The van der Waals surface area contributed by atoms with Crippen LogP contribution in [0.2, 0.25) is 0 Å². The molecule has 144 valence electrons. The van der Waals surface area contributed by atoms with E-state index >= 15 is 0 Å². The van der Waals surface area contributed by atoms with Gasteiger partial charge in [0.1, 0.15) is 0 Å². The van der Waals surface area contributed by atoms with E-state index in [9.17, 15) is 4.79 Å². The molecule has 2 fully saturated rings. The molecule has 3 heterocycles. The highest BCUT2D eigenvalue weighted by molar-refractivity contribution is 5.82. The van der Waals surface area contributed by atoms with E-state index in [2.05, 4.69) is 38.1 Å². The third kappa shape index (κ3) is 3.77. The highest BCUT2D eigenvalue weighted by Crippen LogP contribution is 2.35. The Hall–Kier alpha value is -2.57. The Morgan fingerprint density at radius 3 is 3.11 bits per heavy atom. The number of para-hydroxylation sites is 2. The number of rotatable bonds is 4. The van der Waals surface area contributed by atoms with E-state index in [1.807, 2.05) is 24.5 Å². The summed E-state index contributed by atoms with van der Waals surface area (Å²) in [6.07, 6.45) is 4.75. The van der Waals surface area contributed by atoms with Gasteiger partial charge in [0, 0.05) is 44.6 Å². The van der Waals surface area contributed by atoms with Gasteiger partial charge < -0.3 is 20.1 Å². The molecule has 0 radical (unpaired) electrons. The summed E-state index contributed by atoms with van der Waals surface area (Å²) in [6, 6.07) is 8.17. The number of nitrogens with zero attached hydrogens (tertiary/aromatic N) is 4. The zero-order valence-corrected chi connectivity index (χ0v) is 15.9. The fraction of sp³-hybridized carbons (Fsp3) is 0.550. The molecule has 2 aromatic rings. The third-order valence-corrected chi connectivity index (χ3v) is 5.62. The topological polar surface area (TPSA) is 74.6 Å². The van der Waals surface area contributed by atoms with Crippen LogP contribution in [0.15, 0.2) is 35.6 Å². The average Bonchev–Trinajstić information content (AvgIpc) is 3.25. The minimum atomic E-state index is 0.0755. The quantitative estimate of drug-likeness (QED) is 0.635. The van der Waals surface area contributed by atoms with Crippen LogP contribution in [0, 0.1) is 5.41 Å². The van der Waals surface area contributed by atoms with Gasteiger partial charge in [-0.15, -0.1) is 0 Å². The maximum atomic E-state index is 11.7. The number of imidazole rings is 1. The van der Waals surface area contributed by atoms with E-state index in [1.165, 1.54) is 0 Å². The zero-order chi connectivity index (χ0) is 18.7. The Labute approximate surface area is 159 Å². The molecule has 2 saturated heterocycles. The van der Waals surface area contributed by atoms with Gasteiger partial charge in [0.15, 0.2) is 5.96 Å². The minimum Gasteiger partial charge on any atom is -0.357 e. The van der Waals surface area contributed by atoms with Crippen molar-refractivity contribution in [2.75, 3.05) is 32.7 Å². The molecule has 0 saturated carbocycles. The molecule has 7 heteroatoms. The number of aromatic nitrogens is 2. The second kappa shape index (κ2) is 7.58. The lowest BCUT2D eigenvalue weighted by Crippen LogP contribution is -2.51. The number of guanidine groups is 1. The van der Waals surface area contributed by atoms with E-state index in [1.54, 1.807) is 0 Å². The number of piperidine rings is 1. The largest absolute Gasteiger partial charge is 0.357 e. The van der Waals surface area contributed by atoms with E-state index in [-0.39, 0.29) is 11.3 Å². The molecule has 1 atom stereocenters. The fourth-order valence-corrected chi connectivity index (χ4v) is 4.31. The summed E-state index contributed by atoms with van der Waals surface area (Å²) in [5, 5.41) is 6.45. The highest BCUT2D eigenvalue weighted by Gasteiger charge is 2.42. The van der Waals surface area contributed by atoms with E-state index in [0.29, 0.717) is 13.0 Å². The number of fused-ring (bicyclic) bond motifs is 1. The van der Waals surface area contributed by atoms with Crippen molar-refractivity contribution in [1.29, 1.82) is 0 Å². The lowest BCUT2D eigenvalue weighted by molar-refractivity contribution is -0.119. The monoisotopic (exact) mass is 368 g/mol. The number of benzene rings is 1. The first kappa shape index (κ1) is 17.8. The van der Waals surface area contributed by atoms with Crippen molar-refractivity contribution in [3.8, 4) is 0 Å². The Morgan fingerprint density at radius 1 is 1.41 bits per heavy atom. The summed E-state index contributed by atoms with van der Waals surface area (Å²) in [7, 11) is 0. The molecule has 1 amide bonds. The zero-order valence-electron chi connectivity index (χ0n) is 15.9. The fourth-order valence-electron chi connectivity index (χ4n) is 4.31. The van der Waals surface area contributed by atoms with E-state index in [0.717, 1.165) is 62.6 Å². The van der Waals surface area contributed by atoms with Crippen LogP contribution in [0.1, 0.15) is 26.2 Å². The number of hydrogen-bond donors (Lipinski definition) is 2. The number of carbonyl (C=O) groups is 1. The molecule has 1 unspecified atom stereocenters. The number of aliphatic imine (C=N–C) groups is 1. The van der Waals surface area contributed by atoms with Crippen LogP contribution in [0.4, 0.5) is 0 Å². The first-order valence-corrected chi connectivity index (χ1v) is 9.89. The highest BCUT2D eigenvalue weighted by atomic mass is 16.1. The summed E-state index contributed by atoms with van der Waals surface area (Å²) in [5.74, 6) is 1.14. The van der Waals surface area contributed by atoms with Gasteiger partial charge in [-0.3, -0.25) is 9.79 Å². The molecule has 2 N–H and O–H groups in total. The molecule has 0 aliphatic carbocycles. The summed E-state index contributed by atoms with van der Waals surface area (Å²) in [4.78, 5) is 23.4. The molecular weight excluding hydrogens is 340 g/mol. The molecule has 2 aliphatic heterocycles. The van der Waals surface area contributed by atoms with Crippen LogP contribution in [-0.4, -0.2) is 59.0 Å². The van der Waals surface area contributed by atoms with Gasteiger partial charge in [0.25, 0.3) is 0 Å². The van der Waals surface area contributed by atoms with Gasteiger partial charge >= 0.3 is 0 Å². The molecule has 1 spiro atoms. The summed E-state index contributed by atoms with van der Waals surface area (Å²) < 4.78 is 2.15. The van der Waals surface area contributed by atoms with Gasteiger partial charge in [-0.1, -0.05) is 12.1 Å². The SMILES string of the molecule is CCNC(=NCCn1cnc2ccccc21)N1CCCC2(CNC(=O)C2)C1. The maximum absolute atomic E-state index is 11.7. The van der Waals surface area contributed by atoms with Crippen molar-refractivity contribution in [3.63, 3.8) is 0 Å². The first-order valence-electron chi connectivity index (χ1n) is 9.89. The van der Waals surface area contributed by atoms with Gasteiger partial charge in [-0.2, -0.15) is 0 Å². The van der Waals surface area contributed by atoms with Gasteiger partial charge in [-0.25, -0.2) is 4.98 Å². The summed E-state index contributed by atoms with van der Waals surface area (Å²) in [6.45, 7) is 7.12. The summed E-state index contributed by atoms with van der Waals surface area (Å²) in [5.41, 5.74) is 2.24. The molecule has 2 aliphatic rings. The maximum Gasteiger partial charge on any atom is 0.220 e. The number of nitrogens with one attached hydrogen (secondary N) is 2. The molecule has 1 aromatic carbocycles. The number of amides is 1. The standard InChI is InChI=1S/C20H28N6O/c1-2-21-19(25-10-5-8-20(14-25)12-18(27)23-13-20)22-9-11-26-15-24-16-6-3-4-7-17(16)26/h3-4,6-7,15H,2,5,8-14H2,1H3,(H,21,22)(H,23,27). The van der Waals surface area contributed by atoms with Crippen molar-refractivity contribution in [2.24, 2.45) is 10.4 Å². The number of carbonyl (C=O) groups excluding carboxylic acids is 1. The Balaban J connectivity index is 1.44. The van der Waals surface area contributed by atoms with Crippen LogP contribution in [-0.2, 0) is 11.3 Å². The Kier molecular flexibility index (Phi) is 5.01. The van der Waals surface area contributed by atoms with Gasteiger partial charge in [0.05, 0.1) is 23.9 Å². The smallest absolute Gasteiger partial charge is 0.220 e. The molecule has 7 nitrogen and oxygen atoms in total. The van der Waals surface area contributed by atoms with Gasteiger partial charge in [0.2, 0.25) is 5.91 Å². The van der Waals surface area contributed by atoms with Crippen molar-refractivity contribution in [1.82, 2.24) is 25.1 Å². The lowest BCUT2D eigenvalue weighted by atomic mass is 9.79. The molecule has 4 rings (SSSR count). The first-order chi connectivity index (χ1) is 13.2. The second-order valence-electron chi connectivity index (χ2n) is 7.64. The minimum absolute atomic E-state index is 0.0755. The van der Waals surface area contributed by atoms with Crippen LogP contribution < -0.4 is 10.6 Å². The summed E-state index contributed by atoms with van der Waals surface area (Å²) >= 11 is 0. The number of likely N-dealkylation sites (tertiary alicyclic amines) is 1. The predicted molar refractivity (Wildman–Crippen MR) is 107 cm³/mol. The van der Waals surface area contributed by atoms with E-state index in [4.69, 9.17) is 4.99 Å². The lowest BCUT2D eigenvalue weighted by Gasteiger charge is -2.40. The molecular formula is C20H28N6O. The predicted octanol–water partition coefficient (Wildman–Crippen LogP) is 1.60. The second-order valence-corrected chi connectivity index (χ2v) is 7.64. The molecule has 27 heavy (non-hydrogen) atoms. The third-order valence-electron chi connectivity index (χ3n) is 5.62. The van der Waals surface area contributed by atoms with Crippen LogP contribution in [0.3, 0.4) is 0 Å². The average molecular weight is 368 g/mol. The Morgan fingerprint density at radius 2 is 2.30 bits per heavy atom. The van der Waals surface area contributed by atoms with Crippen molar-refractivity contribution < 1.29 is 4.79 Å². The van der Waals surface area contributed by atoms with Crippen molar-refractivity contribution >= 4 is 22.9 Å². The molecule has 1 aromatic heterocycles. The van der Waals surface area contributed by atoms with E-state index < -0.39 is 0 Å². The van der Waals surface area contributed by atoms with Crippen molar-refractivity contribution in [3.05, 3.63) is 30.6 Å². The Bertz CT molecular complexity index is 844. The van der Waals surface area contributed by atoms with Crippen LogP contribution in [0.5, 0.6) is 0 Å². The molecule has 0 bridgehead atoms.